The Morgan fingerprint density at radius 3 is 2.53 bits per heavy atom. The van der Waals surface area contributed by atoms with Crippen molar-refractivity contribution in [3.8, 4) is 0 Å². The Labute approximate surface area is 112 Å². The summed E-state index contributed by atoms with van der Waals surface area (Å²) in [6, 6.07) is 9.79. The first-order valence-electron chi connectivity index (χ1n) is 6.23. The fourth-order valence-electron chi connectivity index (χ4n) is 1.86. The van der Waals surface area contributed by atoms with Gasteiger partial charge in [0.2, 0.25) is 0 Å². The Kier molecular flexibility index (Phi) is 3.90. The van der Waals surface area contributed by atoms with E-state index in [1.165, 1.54) is 6.33 Å². The Hall–Kier alpha value is -2.23. The average molecular weight is 255 g/mol. The second-order valence-electron chi connectivity index (χ2n) is 4.54. The van der Waals surface area contributed by atoms with E-state index in [-0.39, 0.29) is 11.9 Å². The van der Waals surface area contributed by atoms with E-state index in [1.54, 1.807) is 0 Å². The fraction of sp³-hybridized carbons (Fsp3) is 0.267. The van der Waals surface area contributed by atoms with Gasteiger partial charge < -0.3 is 5.32 Å². The molecule has 2 aromatic rings. The summed E-state index contributed by atoms with van der Waals surface area (Å²) >= 11 is 0. The molecule has 0 spiro atoms. The number of rotatable bonds is 3. The first kappa shape index (κ1) is 13.2. The predicted molar refractivity (Wildman–Crippen MR) is 73.8 cm³/mol. The van der Waals surface area contributed by atoms with Crippen molar-refractivity contribution in [2.75, 3.05) is 0 Å². The van der Waals surface area contributed by atoms with Gasteiger partial charge in [-0.2, -0.15) is 0 Å². The van der Waals surface area contributed by atoms with Crippen LogP contribution in [0.4, 0.5) is 0 Å². The van der Waals surface area contributed by atoms with E-state index in [0.29, 0.717) is 5.69 Å². The molecule has 19 heavy (non-hydrogen) atoms. The zero-order valence-electron chi connectivity index (χ0n) is 11.3. The molecule has 0 aliphatic carbocycles. The van der Waals surface area contributed by atoms with E-state index in [2.05, 4.69) is 15.3 Å². The van der Waals surface area contributed by atoms with Gasteiger partial charge in [-0.25, -0.2) is 9.97 Å². The second-order valence-corrected chi connectivity index (χ2v) is 4.54. The van der Waals surface area contributed by atoms with E-state index in [4.69, 9.17) is 0 Å². The number of amides is 1. The molecule has 0 saturated heterocycles. The third-order valence-electron chi connectivity index (χ3n) is 3.20. The highest BCUT2D eigenvalue weighted by atomic mass is 16.1. The molecule has 0 aliphatic heterocycles. The minimum absolute atomic E-state index is 0.0524. The van der Waals surface area contributed by atoms with Crippen molar-refractivity contribution in [1.29, 1.82) is 0 Å². The molecular formula is C15H17N3O. The number of hydrogen-bond donors (Lipinski definition) is 1. The van der Waals surface area contributed by atoms with E-state index >= 15 is 0 Å². The van der Waals surface area contributed by atoms with Gasteiger partial charge >= 0.3 is 0 Å². The van der Waals surface area contributed by atoms with Crippen molar-refractivity contribution >= 4 is 5.91 Å². The number of carbonyl (C=O) groups is 1. The molecule has 98 valence electrons. The van der Waals surface area contributed by atoms with Crippen LogP contribution < -0.4 is 5.32 Å². The Balaban J connectivity index is 2.16. The SMILES string of the molecule is Cc1ncnc(C(=O)NC(C)c2ccccc2)c1C. The molecule has 0 bridgehead atoms. The molecule has 0 saturated carbocycles. The lowest BCUT2D eigenvalue weighted by Gasteiger charge is -2.15. The molecule has 2 rings (SSSR count). The van der Waals surface area contributed by atoms with Gasteiger partial charge in [-0.15, -0.1) is 0 Å². The van der Waals surface area contributed by atoms with E-state index < -0.39 is 0 Å². The van der Waals surface area contributed by atoms with Crippen LogP contribution in [0.15, 0.2) is 36.7 Å². The maximum Gasteiger partial charge on any atom is 0.270 e. The highest BCUT2D eigenvalue weighted by molar-refractivity contribution is 5.94. The van der Waals surface area contributed by atoms with E-state index in [0.717, 1.165) is 16.8 Å². The minimum atomic E-state index is -0.167. The Bertz CT molecular complexity index is 581. The number of aryl methyl sites for hydroxylation is 1. The Morgan fingerprint density at radius 2 is 1.84 bits per heavy atom. The van der Waals surface area contributed by atoms with Crippen LogP contribution in [0.25, 0.3) is 0 Å². The first-order valence-corrected chi connectivity index (χ1v) is 6.23. The minimum Gasteiger partial charge on any atom is -0.344 e. The molecule has 1 heterocycles. The van der Waals surface area contributed by atoms with Crippen molar-refractivity contribution in [2.45, 2.75) is 26.8 Å². The van der Waals surface area contributed by atoms with Gasteiger partial charge in [-0.1, -0.05) is 30.3 Å². The normalized spacial score (nSPS) is 11.9. The molecule has 4 heteroatoms. The van der Waals surface area contributed by atoms with Gasteiger partial charge in [0.15, 0.2) is 0 Å². The molecule has 1 amide bonds. The van der Waals surface area contributed by atoms with Gasteiger partial charge in [0.05, 0.1) is 6.04 Å². The second kappa shape index (κ2) is 5.61. The summed E-state index contributed by atoms with van der Waals surface area (Å²) in [6.45, 7) is 5.68. The monoisotopic (exact) mass is 255 g/mol. The fourth-order valence-corrected chi connectivity index (χ4v) is 1.86. The van der Waals surface area contributed by atoms with Crippen LogP contribution in [0.3, 0.4) is 0 Å². The summed E-state index contributed by atoms with van der Waals surface area (Å²) in [5, 5.41) is 2.95. The molecule has 1 atom stereocenters. The maximum absolute atomic E-state index is 12.2. The number of nitrogens with one attached hydrogen (secondary N) is 1. The molecule has 0 radical (unpaired) electrons. The molecule has 1 aromatic carbocycles. The summed E-state index contributed by atoms with van der Waals surface area (Å²) in [7, 11) is 0. The lowest BCUT2D eigenvalue weighted by atomic mass is 10.1. The van der Waals surface area contributed by atoms with Crippen LogP contribution in [-0.4, -0.2) is 15.9 Å². The van der Waals surface area contributed by atoms with Crippen LogP contribution in [-0.2, 0) is 0 Å². The molecule has 1 N–H and O–H groups in total. The van der Waals surface area contributed by atoms with Crippen LogP contribution in [0.1, 0.15) is 40.3 Å². The summed E-state index contributed by atoms with van der Waals surface area (Å²) in [5.41, 5.74) is 3.15. The van der Waals surface area contributed by atoms with Gasteiger partial charge in [-0.05, 0) is 26.3 Å². The van der Waals surface area contributed by atoms with Gasteiger partial charge in [0.1, 0.15) is 12.0 Å². The molecule has 4 nitrogen and oxygen atoms in total. The van der Waals surface area contributed by atoms with Crippen molar-refractivity contribution in [3.63, 3.8) is 0 Å². The van der Waals surface area contributed by atoms with Crippen LogP contribution in [0, 0.1) is 13.8 Å². The smallest absolute Gasteiger partial charge is 0.270 e. The van der Waals surface area contributed by atoms with Gasteiger partial charge in [0, 0.05) is 11.3 Å². The van der Waals surface area contributed by atoms with Crippen LogP contribution in [0.2, 0.25) is 0 Å². The zero-order chi connectivity index (χ0) is 13.8. The quantitative estimate of drug-likeness (QED) is 0.917. The highest BCUT2D eigenvalue weighted by Crippen LogP contribution is 2.13. The first-order chi connectivity index (χ1) is 9.09. The van der Waals surface area contributed by atoms with Gasteiger partial charge in [-0.3, -0.25) is 4.79 Å². The number of carbonyl (C=O) groups excluding carboxylic acids is 1. The third-order valence-corrected chi connectivity index (χ3v) is 3.20. The highest BCUT2D eigenvalue weighted by Gasteiger charge is 2.15. The van der Waals surface area contributed by atoms with Gasteiger partial charge in [0.25, 0.3) is 5.91 Å². The molecule has 1 unspecified atom stereocenters. The predicted octanol–water partition coefficient (Wildman–Crippen LogP) is 2.58. The topological polar surface area (TPSA) is 54.9 Å². The van der Waals surface area contributed by atoms with Crippen molar-refractivity contribution in [1.82, 2.24) is 15.3 Å². The van der Waals surface area contributed by atoms with E-state index in [9.17, 15) is 4.79 Å². The third kappa shape index (κ3) is 2.96. The lowest BCUT2D eigenvalue weighted by molar-refractivity contribution is 0.0934. The summed E-state index contributed by atoms with van der Waals surface area (Å²) in [6.07, 6.45) is 1.42. The maximum atomic E-state index is 12.2. The van der Waals surface area contributed by atoms with Crippen molar-refractivity contribution in [2.24, 2.45) is 0 Å². The van der Waals surface area contributed by atoms with Crippen molar-refractivity contribution < 1.29 is 4.79 Å². The Morgan fingerprint density at radius 1 is 1.16 bits per heavy atom. The zero-order valence-corrected chi connectivity index (χ0v) is 11.3. The van der Waals surface area contributed by atoms with Crippen LogP contribution in [0.5, 0.6) is 0 Å². The van der Waals surface area contributed by atoms with Crippen LogP contribution >= 0.6 is 0 Å². The summed E-state index contributed by atoms with van der Waals surface area (Å²) < 4.78 is 0. The number of hydrogen-bond acceptors (Lipinski definition) is 3. The molecule has 0 aliphatic rings. The molecular weight excluding hydrogens is 238 g/mol. The molecule has 0 fully saturated rings. The summed E-state index contributed by atoms with van der Waals surface area (Å²) in [5.74, 6) is -0.167. The van der Waals surface area contributed by atoms with Crippen molar-refractivity contribution in [3.05, 3.63) is 59.2 Å². The average Bonchev–Trinajstić information content (AvgIpc) is 2.42. The van der Waals surface area contributed by atoms with E-state index in [1.807, 2.05) is 51.1 Å². The lowest BCUT2D eigenvalue weighted by Crippen LogP contribution is -2.28. The summed E-state index contributed by atoms with van der Waals surface area (Å²) in [4.78, 5) is 20.3. The number of benzene rings is 1. The standard InChI is InChI=1S/C15H17N3O/c1-10-11(2)16-9-17-14(10)15(19)18-12(3)13-7-5-4-6-8-13/h4-9,12H,1-3H3,(H,18,19). The number of nitrogens with zero attached hydrogens (tertiary/aromatic N) is 2. The molecule has 1 aromatic heterocycles. The largest absolute Gasteiger partial charge is 0.344 e. The number of aromatic nitrogens is 2.